The molecule has 0 aliphatic heterocycles. The van der Waals surface area contributed by atoms with Crippen molar-refractivity contribution in [1.82, 2.24) is 19.3 Å². The zero-order valence-electron chi connectivity index (χ0n) is 17.6. The van der Waals surface area contributed by atoms with Crippen LogP contribution in [-0.2, 0) is 12.3 Å². The number of thioether (sulfide) groups is 1. The number of hydrogen-bond donors (Lipinski definition) is 0. The molecular formula is C24H19ClN4O2S2. The maximum absolute atomic E-state index is 12.7. The smallest absolute Gasteiger partial charge is 0.308 e. The Kier molecular flexibility index (Phi) is 6.22. The van der Waals surface area contributed by atoms with Gasteiger partial charge in [-0.3, -0.25) is 13.9 Å². The number of benzene rings is 3. The first-order valence-electron chi connectivity index (χ1n) is 10.2. The normalized spacial score (nSPS) is 11.2. The maximum Gasteiger partial charge on any atom is 0.308 e. The minimum Gasteiger partial charge on any atom is -0.497 e. The first-order chi connectivity index (χ1) is 16.1. The van der Waals surface area contributed by atoms with Gasteiger partial charge in [0.15, 0.2) is 11.0 Å². The quantitative estimate of drug-likeness (QED) is 0.274. The van der Waals surface area contributed by atoms with Crippen molar-refractivity contribution >= 4 is 44.9 Å². The number of fused-ring (bicyclic) bond motifs is 1. The van der Waals surface area contributed by atoms with E-state index in [9.17, 15) is 4.79 Å². The molecule has 0 unspecified atom stereocenters. The van der Waals surface area contributed by atoms with Gasteiger partial charge in [-0.25, -0.2) is 0 Å². The molecule has 0 atom stereocenters. The second-order valence-corrected chi connectivity index (χ2v) is 9.64. The van der Waals surface area contributed by atoms with Gasteiger partial charge >= 0.3 is 4.87 Å². The van der Waals surface area contributed by atoms with Crippen molar-refractivity contribution in [2.24, 2.45) is 0 Å². The van der Waals surface area contributed by atoms with Gasteiger partial charge in [0, 0.05) is 16.5 Å². The van der Waals surface area contributed by atoms with Gasteiger partial charge in [0.25, 0.3) is 0 Å². The molecule has 5 rings (SSSR count). The highest BCUT2D eigenvalue weighted by atomic mass is 35.5. The van der Waals surface area contributed by atoms with E-state index in [1.807, 2.05) is 77.4 Å². The number of hydrogen-bond acceptors (Lipinski definition) is 6. The molecule has 0 saturated heterocycles. The van der Waals surface area contributed by atoms with Crippen LogP contribution in [0.1, 0.15) is 11.4 Å². The van der Waals surface area contributed by atoms with Crippen LogP contribution in [0.3, 0.4) is 0 Å². The van der Waals surface area contributed by atoms with Crippen molar-refractivity contribution in [1.29, 1.82) is 0 Å². The molecule has 0 amide bonds. The Morgan fingerprint density at radius 1 is 1.00 bits per heavy atom. The van der Waals surface area contributed by atoms with E-state index in [2.05, 4.69) is 10.2 Å². The second-order valence-electron chi connectivity index (χ2n) is 7.27. The highest BCUT2D eigenvalue weighted by molar-refractivity contribution is 7.98. The van der Waals surface area contributed by atoms with E-state index in [0.29, 0.717) is 23.1 Å². The first-order valence-corrected chi connectivity index (χ1v) is 12.3. The standard InChI is InChI=1S/C24H19ClN4O2S2/c1-31-19-12-10-18(11-13-19)29-22(14-28-20-4-2-3-5-21(20)33-24(28)30)26-27-23(29)32-15-16-6-8-17(25)9-7-16/h2-13H,14-15H2,1H3. The van der Waals surface area contributed by atoms with Crippen molar-refractivity contribution in [2.75, 3.05) is 7.11 Å². The first kappa shape index (κ1) is 21.8. The predicted octanol–water partition coefficient (Wildman–Crippen LogP) is 5.65. The number of ether oxygens (including phenoxy) is 1. The van der Waals surface area contributed by atoms with Gasteiger partial charge < -0.3 is 4.74 Å². The summed E-state index contributed by atoms with van der Waals surface area (Å²) in [6.07, 6.45) is 0. The molecule has 0 bridgehead atoms. The SMILES string of the molecule is COc1ccc(-n2c(Cn3c(=O)sc4ccccc43)nnc2SCc2ccc(Cl)cc2)cc1. The summed E-state index contributed by atoms with van der Waals surface area (Å²) in [7, 11) is 1.64. The Labute approximate surface area is 203 Å². The highest BCUT2D eigenvalue weighted by Crippen LogP contribution is 2.28. The van der Waals surface area contributed by atoms with E-state index in [1.165, 1.54) is 11.3 Å². The summed E-state index contributed by atoms with van der Waals surface area (Å²) in [6.45, 7) is 0.323. The molecule has 5 aromatic rings. The Bertz CT molecular complexity index is 1460. The highest BCUT2D eigenvalue weighted by Gasteiger charge is 2.17. The predicted molar refractivity (Wildman–Crippen MR) is 134 cm³/mol. The molecule has 0 spiro atoms. The molecule has 0 aliphatic carbocycles. The van der Waals surface area contributed by atoms with Gasteiger partial charge in [0.2, 0.25) is 0 Å². The number of rotatable bonds is 7. The minimum absolute atomic E-state index is 0.0177. The van der Waals surface area contributed by atoms with E-state index < -0.39 is 0 Å². The topological polar surface area (TPSA) is 61.9 Å². The summed E-state index contributed by atoms with van der Waals surface area (Å²) in [5.41, 5.74) is 2.93. The van der Waals surface area contributed by atoms with Crippen LogP contribution in [0.5, 0.6) is 5.75 Å². The van der Waals surface area contributed by atoms with E-state index in [1.54, 1.807) is 23.4 Å². The van der Waals surface area contributed by atoms with Crippen LogP contribution in [-0.4, -0.2) is 26.4 Å². The van der Waals surface area contributed by atoms with Gasteiger partial charge in [-0.1, -0.05) is 59.0 Å². The van der Waals surface area contributed by atoms with E-state index >= 15 is 0 Å². The summed E-state index contributed by atoms with van der Waals surface area (Å²) in [5.74, 6) is 2.17. The fourth-order valence-corrected chi connectivity index (χ4v) is 5.46. The Morgan fingerprint density at radius 3 is 2.52 bits per heavy atom. The summed E-state index contributed by atoms with van der Waals surface area (Å²) in [6, 6.07) is 23.3. The van der Waals surface area contributed by atoms with Gasteiger partial charge in [-0.15, -0.1) is 10.2 Å². The Hall–Kier alpha value is -3.07. The second kappa shape index (κ2) is 9.43. The summed E-state index contributed by atoms with van der Waals surface area (Å²) in [5, 5.41) is 10.4. The van der Waals surface area contributed by atoms with Crippen molar-refractivity contribution < 1.29 is 4.74 Å². The summed E-state index contributed by atoms with van der Waals surface area (Å²) >= 11 is 8.83. The molecule has 0 fully saturated rings. The third-order valence-corrected chi connectivity index (χ3v) is 7.40. The van der Waals surface area contributed by atoms with Gasteiger partial charge in [-0.2, -0.15) is 0 Å². The number of para-hydroxylation sites is 1. The molecule has 166 valence electrons. The lowest BCUT2D eigenvalue weighted by Crippen LogP contribution is -2.16. The van der Waals surface area contributed by atoms with Crippen LogP contribution in [0.2, 0.25) is 5.02 Å². The number of halogens is 1. The van der Waals surface area contributed by atoms with E-state index in [4.69, 9.17) is 16.3 Å². The van der Waals surface area contributed by atoms with E-state index in [0.717, 1.165) is 32.4 Å². The van der Waals surface area contributed by atoms with Crippen LogP contribution >= 0.6 is 34.7 Å². The average Bonchev–Trinajstić information content (AvgIpc) is 3.39. The summed E-state index contributed by atoms with van der Waals surface area (Å²) < 4.78 is 10.0. The van der Waals surface area contributed by atoms with Gasteiger partial charge in [0.1, 0.15) is 5.75 Å². The average molecular weight is 495 g/mol. The largest absolute Gasteiger partial charge is 0.497 e. The molecule has 0 saturated carbocycles. The van der Waals surface area contributed by atoms with Crippen molar-refractivity contribution in [3.8, 4) is 11.4 Å². The van der Waals surface area contributed by atoms with Crippen LogP contribution in [0.4, 0.5) is 0 Å². The third-order valence-electron chi connectivity index (χ3n) is 5.19. The molecule has 9 heteroatoms. The maximum atomic E-state index is 12.7. The molecule has 0 aliphatic rings. The molecule has 0 N–H and O–H groups in total. The molecule has 3 aromatic carbocycles. The fraction of sp³-hybridized carbons (Fsp3) is 0.125. The lowest BCUT2D eigenvalue weighted by atomic mass is 10.2. The third kappa shape index (κ3) is 4.55. The fourth-order valence-electron chi connectivity index (χ4n) is 3.52. The Balaban J connectivity index is 1.53. The zero-order chi connectivity index (χ0) is 22.8. The zero-order valence-corrected chi connectivity index (χ0v) is 20.0. The monoisotopic (exact) mass is 494 g/mol. The van der Waals surface area contributed by atoms with Crippen LogP contribution in [0.25, 0.3) is 15.9 Å². The van der Waals surface area contributed by atoms with Crippen molar-refractivity contribution in [3.63, 3.8) is 0 Å². The van der Waals surface area contributed by atoms with E-state index in [-0.39, 0.29) is 4.87 Å². The molecular weight excluding hydrogens is 476 g/mol. The number of methoxy groups -OCH3 is 1. The molecule has 33 heavy (non-hydrogen) atoms. The van der Waals surface area contributed by atoms with Crippen LogP contribution in [0, 0.1) is 0 Å². The molecule has 6 nitrogen and oxygen atoms in total. The van der Waals surface area contributed by atoms with Gasteiger partial charge in [0.05, 0.1) is 23.9 Å². The number of nitrogens with zero attached hydrogens (tertiary/aromatic N) is 4. The summed E-state index contributed by atoms with van der Waals surface area (Å²) in [4.78, 5) is 12.7. The van der Waals surface area contributed by atoms with Crippen LogP contribution in [0.15, 0.2) is 82.7 Å². The molecule has 2 aromatic heterocycles. The van der Waals surface area contributed by atoms with Crippen LogP contribution < -0.4 is 9.61 Å². The minimum atomic E-state index is -0.0177. The molecule has 2 heterocycles. The number of thiazole rings is 1. The van der Waals surface area contributed by atoms with Gasteiger partial charge in [-0.05, 0) is 54.1 Å². The van der Waals surface area contributed by atoms with Crippen molar-refractivity contribution in [2.45, 2.75) is 17.5 Å². The molecule has 0 radical (unpaired) electrons. The van der Waals surface area contributed by atoms with Crippen molar-refractivity contribution in [3.05, 3.63) is 98.9 Å². The lowest BCUT2D eigenvalue weighted by Gasteiger charge is -2.12. The number of aromatic nitrogens is 4. The lowest BCUT2D eigenvalue weighted by molar-refractivity contribution is 0.414. The Morgan fingerprint density at radius 2 is 1.76 bits per heavy atom.